The van der Waals surface area contributed by atoms with Gasteiger partial charge >= 0.3 is 17.9 Å². The van der Waals surface area contributed by atoms with Crippen LogP contribution in [0.5, 0.6) is 0 Å². The molecule has 0 aromatic carbocycles. The van der Waals surface area contributed by atoms with Crippen molar-refractivity contribution in [2.24, 2.45) is 0 Å². The fraction of sp³-hybridized carbons (Fsp3) is 0.476. The van der Waals surface area contributed by atoms with Gasteiger partial charge in [-0.15, -0.1) is 0 Å². The lowest BCUT2D eigenvalue weighted by molar-refractivity contribution is -0.160. The highest BCUT2D eigenvalue weighted by Crippen LogP contribution is 2.11. The molecule has 0 aliphatic rings. The highest BCUT2D eigenvalue weighted by Gasteiger charge is 2.17. The molecule has 0 atom stereocenters. The van der Waals surface area contributed by atoms with E-state index in [2.05, 4.69) is 57.2 Å². The Kier molecular flexibility index (Phi) is 50.7. The number of rotatable bonds is 44. The van der Waals surface area contributed by atoms with E-state index in [-0.39, 0.29) is 13.2 Å². The third-order valence-corrected chi connectivity index (χ3v) is 10.5. The van der Waals surface area contributed by atoms with Crippen molar-refractivity contribution in [3.05, 3.63) is 182 Å². The summed E-state index contributed by atoms with van der Waals surface area (Å²) in [5, 5.41) is 0. The van der Waals surface area contributed by atoms with Crippen LogP contribution in [-0.2, 0) is 28.6 Å². The third kappa shape index (κ3) is 53.3. The molecule has 0 N–H and O–H groups in total. The highest BCUT2D eigenvalue weighted by molar-refractivity contribution is 5.84. The topological polar surface area (TPSA) is 78.9 Å². The highest BCUT2D eigenvalue weighted by atomic mass is 16.6. The van der Waals surface area contributed by atoms with Crippen molar-refractivity contribution in [3.63, 3.8) is 0 Å². The van der Waals surface area contributed by atoms with Crippen LogP contribution in [-0.4, -0.2) is 37.2 Å². The summed E-state index contributed by atoms with van der Waals surface area (Å²) in [4.78, 5) is 37.6. The molecule has 0 spiro atoms. The molecule has 0 aromatic heterocycles. The minimum absolute atomic E-state index is 0.300. The summed E-state index contributed by atoms with van der Waals surface area (Å²) in [6.07, 6.45) is 84.9. The summed E-state index contributed by atoms with van der Waals surface area (Å²) in [6.45, 7) is 6.14. The number of unbranched alkanes of at least 4 members (excludes halogenated alkanes) is 21. The summed E-state index contributed by atoms with van der Waals surface area (Å²) in [5.41, 5.74) is 0. The molecule has 0 unspecified atom stereocenters. The molecule has 6 heteroatoms. The number of ether oxygens (including phenoxy) is 3. The largest absolute Gasteiger partial charge is 0.458 e. The lowest BCUT2D eigenvalue weighted by Gasteiger charge is -2.16. The van der Waals surface area contributed by atoms with Crippen LogP contribution in [0.4, 0.5) is 0 Å². The Bertz CT molecular complexity index is 1610. The van der Waals surface area contributed by atoms with Crippen LogP contribution in [0.25, 0.3) is 0 Å². The van der Waals surface area contributed by atoms with Gasteiger partial charge in [-0.3, -0.25) is 0 Å². The molecule has 0 saturated carbocycles. The van der Waals surface area contributed by atoms with Gasteiger partial charge in [0.05, 0.1) is 0 Å². The van der Waals surface area contributed by atoms with Gasteiger partial charge in [-0.1, -0.05) is 300 Å². The molecule has 0 amide bonds. The van der Waals surface area contributed by atoms with Gasteiger partial charge in [0.2, 0.25) is 0 Å². The van der Waals surface area contributed by atoms with Gasteiger partial charge in [0, 0.05) is 18.2 Å². The molecule has 0 radical (unpaired) electrons. The molecule has 0 aliphatic carbocycles. The van der Waals surface area contributed by atoms with Crippen LogP contribution in [0.3, 0.4) is 0 Å². The summed E-state index contributed by atoms with van der Waals surface area (Å²) in [6, 6.07) is 0. The Balaban J connectivity index is 4.99. The molecule has 69 heavy (non-hydrogen) atoms. The van der Waals surface area contributed by atoms with Crippen LogP contribution in [0.2, 0.25) is 0 Å². The minimum Gasteiger partial charge on any atom is -0.458 e. The molecule has 0 rings (SSSR count). The van der Waals surface area contributed by atoms with Crippen molar-refractivity contribution in [1.82, 2.24) is 0 Å². The average Bonchev–Trinajstić information content (AvgIpc) is 3.35. The van der Waals surface area contributed by atoms with Gasteiger partial charge < -0.3 is 14.2 Å². The zero-order valence-corrected chi connectivity index (χ0v) is 43.2. The lowest BCUT2D eigenvalue weighted by atomic mass is 10.1. The Morgan fingerprint density at radius 1 is 0.290 bits per heavy atom. The van der Waals surface area contributed by atoms with E-state index in [1.54, 1.807) is 54.7 Å². The Morgan fingerprint density at radius 3 is 0.812 bits per heavy atom. The smallest absolute Gasteiger partial charge is 0.331 e. The van der Waals surface area contributed by atoms with E-state index in [1.807, 2.05) is 72.9 Å². The zero-order valence-electron chi connectivity index (χ0n) is 43.2. The molecular weight excluding hydrogens is 853 g/mol. The number of hydrogen-bond donors (Lipinski definition) is 0. The Hall–Kier alpha value is -5.49. The Morgan fingerprint density at radius 2 is 0.522 bits per heavy atom. The number of hydrogen-bond acceptors (Lipinski definition) is 6. The van der Waals surface area contributed by atoms with Crippen LogP contribution in [0.15, 0.2) is 182 Å². The quantitative estimate of drug-likeness (QED) is 0.0199. The second-order valence-electron chi connectivity index (χ2n) is 16.9. The van der Waals surface area contributed by atoms with E-state index in [4.69, 9.17) is 14.2 Å². The molecule has 0 saturated heterocycles. The standard InChI is InChI=1S/C63H92O6/c1-4-7-10-13-16-19-22-25-28-31-34-37-40-43-46-49-52-55-61(64)67-58-60(69-63(66)57-54-51-48-45-42-39-36-33-30-27-24-21-18-15-12-9-6-3)59-68-62(65)56-53-50-47-44-41-38-35-32-29-26-23-20-17-14-11-8-5-2/h28-57,60H,4-27,58-59H2,1-3H3/b31-28+,32-29+,33-30+,37-34+,38-35+,39-36+,43-40+,44-41+,45-42+,49-46+,50-47+,51-48+,55-52+,56-53+,57-54+. The zero-order chi connectivity index (χ0) is 50.0. The molecule has 380 valence electrons. The van der Waals surface area contributed by atoms with E-state index in [9.17, 15) is 14.4 Å². The van der Waals surface area contributed by atoms with Gasteiger partial charge in [-0.25, -0.2) is 14.4 Å². The number of allylic oxidation sites excluding steroid dienone is 27. The average molecular weight is 945 g/mol. The van der Waals surface area contributed by atoms with E-state index in [1.165, 1.54) is 153 Å². The fourth-order valence-electron chi connectivity index (χ4n) is 6.51. The predicted octanol–water partition coefficient (Wildman–Crippen LogP) is 17.7. The Labute approximate surface area is 421 Å². The molecule has 0 fully saturated rings. The summed E-state index contributed by atoms with van der Waals surface area (Å²) in [5.74, 6) is -1.92. The SMILES string of the molecule is CCCCCCCCC/C=C/C=C/C=C/C=C/C=C/C(=O)OCC(COC(=O)/C=C/C=C/C=C/C=C/C=C/CCCCCCCCC)OC(=O)/C=C/C=C/C=C/C=C/C=C/CCCCCCCCC. The first kappa shape index (κ1) is 63.5. The number of carbonyl (C=O) groups excluding carboxylic acids is 3. The lowest BCUT2D eigenvalue weighted by Crippen LogP contribution is -2.29. The molecule has 0 heterocycles. The van der Waals surface area contributed by atoms with Crippen LogP contribution in [0, 0.1) is 0 Å². The van der Waals surface area contributed by atoms with Crippen LogP contribution >= 0.6 is 0 Å². The predicted molar refractivity (Wildman–Crippen MR) is 297 cm³/mol. The first-order chi connectivity index (χ1) is 34.0. The van der Waals surface area contributed by atoms with Crippen molar-refractivity contribution in [1.29, 1.82) is 0 Å². The molecule has 0 aromatic rings. The van der Waals surface area contributed by atoms with Gasteiger partial charge in [0.1, 0.15) is 13.2 Å². The van der Waals surface area contributed by atoms with Crippen LogP contribution in [0.1, 0.15) is 175 Å². The van der Waals surface area contributed by atoms with Crippen molar-refractivity contribution >= 4 is 17.9 Å². The fourth-order valence-corrected chi connectivity index (χ4v) is 6.51. The van der Waals surface area contributed by atoms with E-state index in [0.29, 0.717) is 0 Å². The maximum atomic E-state index is 12.7. The maximum Gasteiger partial charge on any atom is 0.331 e. The third-order valence-electron chi connectivity index (χ3n) is 10.5. The van der Waals surface area contributed by atoms with Gasteiger partial charge in [-0.2, -0.15) is 0 Å². The number of carbonyl (C=O) groups is 3. The summed E-state index contributed by atoms with van der Waals surface area (Å²) in [7, 11) is 0. The monoisotopic (exact) mass is 945 g/mol. The first-order valence-electron chi connectivity index (χ1n) is 26.6. The second kappa shape index (κ2) is 55.1. The van der Waals surface area contributed by atoms with E-state index in [0.717, 1.165) is 19.3 Å². The number of esters is 3. The molecule has 0 aliphatic heterocycles. The van der Waals surface area contributed by atoms with Crippen molar-refractivity contribution in [2.75, 3.05) is 13.2 Å². The minimum atomic E-state index is -1.02. The summed E-state index contributed by atoms with van der Waals surface area (Å²) >= 11 is 0. The van der Waals surface area contributed by atoms with Gasteiger partial charge in [0.15, 0.2) is 6.10 Å². The van der Waals surface area contributed by atoms with Gasteiger partial charge in [0.25, 0.3) is 0 Å². The maximum absolute atomic E-state index is 12.7. The van der Waals surface area contributed by atoms with Crippen molar-refractivity contribution in [3.8, 4) is 0 Å². The van der Waals surface area contributed by atoms with Crippen molar-refractivity contribution in [2.45, 2.75) is 181 Å². The molecular formula is C63H92O6. The summed E-state index contributed by atoms with van der Waals surface area (Å²) < 4.78 is 16.2. The molecule has 6 nitrogen and oxygen atoms in total. The van der Waals surface area contributed by atoms with Crippen LogP contribution < -0.4 is 0 Å². The van der Waals surface area contributed by atoms with E-state index >= 15 is 0 Å². The van der Waals surface area contributed by atoms with Crippen molar-refractivity contribution < 1.29 is 28.6 Å². The molecule has 0 bridgehead atoms. The normalized spacial score (nSPS) is 13.2. The second-order valence-corrected chi connectivity index (χ2v) is 16.9. The van der Waals surface area contributed by atoms with E-state index < -0.39 is 24.0 Å². The first-order valence-corrected chi connectivity index (χ1v) is 26.6. The van der Waals surface area contributed by atoms with Gasteiger partial charge in [-0.05, 0) is 38.5 Å².